The van der Waals surface area contributed by atoms with Crippen molar-refractivity contribution in [2.75, 3.05) is 0 Å². The standard InChI is InChI=1S/4C18H26O3.2Zn/c4*1-11(15(19)16(20)21)12-8-13(17(2,3)4)10-14(9-12)18(5,6)7;;/h4*8-10,15,19H,1H2,2-7H3,(H,20,21);;/q;;;;2*+2/p-4. The average molecular weight is 1290 g/mol. The number of aliphatic hydroxyl groups is 4. The summed E-state index contributed by atoms with van der Waals surface area (Å²) < 4.78 is 0. The van der Waals surface area contributed by atoms with Crippen molar-refractivity contribution in [1.29, 1.82) is 0 Å². The fraction of sp³-hybridized carbons (Fsp3) is 0.500. The van der Waals surface area contributed by atoms with E-state index in [9.17, 15) is 60.0 Å². The third-order valence-corrected chi connectivity index (χ3v) is 14.4. The number of hydrogen-bond acceptors (Lipinski definition) is 12. The number of rotatable bonds is 12. The molecule has 0 heterocycles. The smallest absolute Gasteiger partial charge is 0.547 e. The molecular weight excluding hydrogens is 1190 g/mol. The second kappa shape index (κ2) is 30.8. The van der Waals surface area contributed by atoms with Crippen molar-refractivity contribution in [3.8, 4) is 0 Å². The first kappa shape index (κ1) is 82.9. The predicted molar refractivity (Wildman–Crippen MR) is 336 cm³/mol. The summed E-state index contributed by atoms with van der Waals surface area (Å²) in [6, 6.07) is 23.6. The minimum Gasteiger partial charge on any atom is -0.547 e. The van der Waals surface area contributed by atoms with Crippen LogP contribution in [0.15, 0.2) is 99.1 Å². The van der Waals surface area contributed by atoms with Crippen molar-refractivity contribution in [2.24, 2.45) is 0 Å². The van der Waals surface area contributed by atoms with Gasteiger partial charge in [0.15, 0.2) is 0 Å². The van der Waals surface area contributed by atoms with E-state index in [2.05, 4.69) is 217 Å². The molecule has 0 aliphatic carbocycles. The van der Waals surface area contributed by atoms with Gasteiger partial charge in [-0.3, -0.25) is 0 Å². The molecule has 4 rings (SSSR count). The van der Waals surface area contributed by atoms with Gasteiger partial charge in [0.1, 0.15) is 24.4 Å². The van der Waals surface area contributed by atoms with Gasteiger partial charge >= 0.3 is 39.0 Å². The first-order valence-electron chi connectivity index (χ1n) is 28.3. The molecule has 12 nitrogen and oxygen atoms in total. The van der Waals surface area contributed by atoms with E-state index in [-0.39, 0.29) is 105 Å². The van der Waals surface area contributed by atoms with E-state index in [1.54, 1.807) is 0 Å². The molecular formula is C72H100O12Zn2. The number of aliphatic carboxylic acids is 4. The number of carboxylic acid groups (broad SMARTS) is 4. The molecule has 4 N–H and O–H groups in total. The number of aliphatic hydroxyl groups excluding tert-OH is 4. The molecule has 0 radical (unpaired) electrons. The molecule has 86 heavy (non-hydrogen) atoms. The van der Waals surface area contributed by atoms with Gasteiger partial charge in [-0.05, 0) is 132 Å². The van der Waals surface area contributed by atoms with Crippen LogP contribution in [0.5, 0.6) is 0 Å². The molecule has 0 amide bonds. The van der Waals surface area contributed by atoms with Crippen molar-refractivity contribution in [2.45, 2.75) is 234 Å². The van der Waals surface area contributed by atoms with Crippen molar-refractivity contribution < 1.29 is 99.0 Å². The quantitative estimate of drug-likeness (QED) is 0.0970. The van der Waals surface area contributed by atoms with Crippen molar-refractivity contribution in [3.05, 3.63) is 166 Å². The fourth-order valence-electron chi connectivity index (χ4n) is 7.92. The van der Waals surface area contributed by atoms with Crippen LogP contribution in [-0.4, -0.2) is 68.7 Å². The molecule has 0 aliphatic rings. The van der Waals surface area contributed by atoms with Crippen molar-refractivity contribution >= 4 is 46.2 Å². The van der Waals surface area contributed by atoms with Gasteiger partial charge in [0.2, 0.25) is 0 Å². The summed E-state index contributed by atoms with van der Waals surface area (Å²) in [6.45, 7) is 65.1. The Balaban J connectivity index is 0. The third-order valence-electron chi connectivity index (χ3n) is 14.4. The summed E-state index contributed by atoms with van der Waals surface area (Å²) in [7, 11) is 0. The van der Waals surface area contributed by atoms with Crippen LogP contribution in [0, 0.1) is 0 Å². The van der Waals surface area contributed by atoms with Crippen LogP contribution < -0.4 is 20.4 Å². The van der Waals surface area contributed by atoms with E-state index in [4.69, 9.17) is 0 Å². The monoisotopic (exact) mass is 1280 g/mol. The SMILES string of the molecule is C=C(c1cc(C(C)(C)C)cc(C(C)(C)C)c1)C(O)C(=O)[O-].C=C(c1cc(C(C)(C)C)cc(C(C)(C)C)c1)C(O)C(=O)[O-].C=C(c1cc(C(C)(C)C)cc(C(C)(C)C)c1)C(O)C(=O)[O-].C=C(c1cc(C(C)(C)C)cc(C(C)(C)C)c1)C(O)C(=O)[O-].[Zn+2].[Zn+2]. The van der Waals surface area contributed by atoms with E-state index in [1.165, 1.54) is 0 Å². The Morgan fingerprint density at radius 3 is 0.430 bits per heavy atom. The maximum atomic E-state index is 10.9. The van der Waals surface area contributed by atoms with Gasteiger partial charge in [-0.1, -0.05) is 265 Å². The van der Waals surface area contributed by atoms with Gasteiger partial charge in [-0.25, -0.2) is 0 Å². The van der Waals surface area contributed by atoms with Crippen molar-refractivity contribution in [1.82, 2.24) is 0 Å². The van der Waals surface area contributed by atoms with Gasteiger partial charge in [0.05, 0.1) is 23.9 Å². The van der Waals surface area contributed by atoms with Gasteiger partial charge in [-0.15, -0.1) is 0 Å². The van der Waals surface area contributed by atoms with E-state index in [0.717, 1.165) is 44.5 Å². The van der Waals surface area contributed by atoms with Crippen LogP contribution in [0.3, 0.4) is 0 Å². The van der Waals surface area contributed by atoms with Crippen LogP contribution in [0.1, 0.15) is 233 Å². The summed E-state index contributed by atoms with van der Waals surface area (Å²) in [4.78, 5) is 43.4. The molecule has 0 aromatic heterocycles. The molecule has 0 spiro atoms. The molecule has 4 aromatic rings. The first-order chi connectivity index (χ1) is 37.3. The number of benzene rings is 4. The van der Waals surface area contributed by atoms with E-state index < -0.39 is 48.3 Å². The predicted octanol–water partition coefficient (Wildman–Crippen LogP) is 9.62. The van der Waals surface area contributed by atoms with Crippen LogP contribution in [0.25, 0.3) is 22.3 Å². The maximum Gasteiger partial charge on any atom is 2.00 e. The minimum atomic E-state index is -1.69. The Labute approximate surface area is 541 Å². The summed E-state index contributed by atoms with van der Waals surface area (Å²) in [5.74, 6) is -6.12. The van der Waals surface area contributed by atoms with E-state index in [0.29, 0.717) is 22.3 Å². The van der Waals surface area contributed by atoms with Gasteiger partial charge < -0.3 is 60.0 Å². The van der Waals surface area contributed by atoms with Crippen LogP contribution in [-0.2, 0) is 101 Å². The Bertz CT molecular complexity index is 2530. The number of carbonyl (C=O) groups excluding carboxylic acids is 4. The molecule has 4 unspecified atom stereocenters. The zero-order chi connectivity index (χ0) is 66.3. The Hall–Kier alpha value is -5.19. The minimum absolute atomic E-state index is 0. The summed E-state index contributed by atoms with van der Waals surface area (Å²) in [5.41, 5.74) is 11.2. The topological polar surface area (TPSA) is 241 Å². The first-order valence-corrected chi connectivity index (χ1v) is 28.3. The maximum absolute atomic E-state index is 10.9. The summed E-state index contributed by atoms with van der Waals surface area (Å²) >= 11 is 0. The molecule has 0 bridgehead atoms. The fourth-order valence-corrected chi connectivity index (χ4v) is 7.92. The number of carboxylic acids is 4. The van der Waals surface area contributed by atoms with Gasteiger partial charge in [0, 0.05) is 0 Å². The van der Waals surface area contributed by atoms with Crippen LogP contribution >= 0.6 is 0 Å². The molecule has 0 saturated heterocycles. The number of carbonyl (C=O) groups is 4. The molecule has 0 aliphatic heterocycles. The van der Waals surface area contributed by atoms with Gasteiger partial charge in [-0.2, -0.15) is 0 Å². The van der Waals surface area contributed by atoms with E-state index >= 15 is 0 Å². The largest absolute Gasteiger partial charge is 2.00 e. The van der Waals surface area contributed by atoms with Crippen LogP contribution in [0.2, 0.25) is 0 Å². The third kappa shape index (κ3) is 24.8. The average Bonchev–Trinajstić information content (AvgIpc) is 1.28. The Morgan fingerprint density at radius 2 is 0.360 bits per heavy atom. The Kier molecular flexibility index (Phi) is 29.7. The Morgan fingerprint density at radius 1 is 0.267 bits per heavy atom. The molecule has 0 saturated carbocycles. The zero-order valence-electron chi connectivity index (χ0n) is 56.5. The molecule has 14 heteroatoms. The molecule has 464 valence electrons. The second-order valence-electron chi connectivity index (χ2n) is 30.2. The van der Waals surface area contributed by atoms with Gasteiger partial charge in [0.25, 0.3) is 0 Å². The zero-order valence-corrected chi connectivity index (χ0v) is 62.5. The second-order valence-corrected chi connectivity index (χ2v) is 30.2. The van der Waals surface area contributed by atoms with E-state index in [1.807, 2.05) is 48.5 Å². The van der Waals surface area contributed by atoms with Crippen LogP contribution in [0.4, 0.5) is 0 Å². The van der Waals surface area contributed by atoms with Crippen molar-refractivity contribution in [3.63, 3.8) is 0 Å². The number of hydrogen-bond donors (Lipinski definition) is 4. The normalized spacial score (nSPS) is 13.5. The molecule has 4 aromatic carbocycles. The molecule has 4 atom stereocenters. The summed E-state index contributed by atoms with van der Waals surface area (Å²) in [5, 5.41) is 82.1. The summed E-state index contributed by atoms with van der Waals surface area (Å²) in [6.07, 6.45) is -6.75. The molecule has 0 fully saturated rings.